The van der Waals surface area contributed by atoms with Gasteiger partial charge in [-0.25, -0.2) is 0 Å². The van der Waals surface area contributed by atoms with Crippen LogP contribution in [-0.4, -0.2) is 65.9 Å². The minimum absolute atomic E-state index is 0.0670. The molecule has 0 aromatic carbocycles. The highest BCUT2D eigenvalue weighted by Crippen LogP contribution is 2.07. The molecule has 0 rings (SSSR count). The first kappa shape index (κ1) is 92.2. The summed E-state index contributed by atoms with van der Waals surface area (Å²) >= 11 is 5.04. The predicted molar refractivity (Wildman–Crippen MR) is 418 cm³/mol. The Hall–Kier alpha value is -5.22. The van der Waals surface area contributed by atoms with Gasteiger partial charge in [0, 0.05) is 11.5 Å². The maximum atomic E-state index is 10.8. The number of hydrogen-bond acceptors (Lipinski definition) is 8. The first-order chi connectivity index (χ1) is 44.7. The Labute approximate surface area is 573 Å². The minimum Gasteiger partial charge on any atom is -0.373 e. The fourth-order valence-electron chi connectivity index (χ4n) is 6.80. The lowest BCUT2D eigenvalue weighted by Gasteiger charge is -1.96. The molecule has 0 spiro atoms. The molecular weight excluding hydrogens is 1170 g/mol. The Balaban J connectivity index is -0.000000555. The van der Waals surface area contributed by atoms with Gasteiger partial charge in [0.15, 0.2) is 11.6 Å². The van der Waals surface area contributed by atoms with Crippen LogP contribution in [0.25, 0.3) is 0 Å². The average molecular weight is 1300 g/mol. The number of Topliss-reactive ketones (excluding diaryl/α,β-unsaturated/α-hetero) is 3. The van der Waals surface area contributed by atoms with Crippen LogP contribution in [-0.2, 0) is 23.3 Å². The molecule has 0 aliphatic heterocycles. The van der Waals surface area contributed by atoms with E-state index in [0.717, 1.165) is 165 Å². The lowest BCUT2D eigenvalue weighted by molar-refractivity contribution is -0.121. The third kappa shape index (κ3) is 107. The van der Waals surface area contributed by atoms with Crippen molar-refractivity contribution in [3.63, 3.8) is 0 Å². The first-order valence-electron chi connectivity index (χ1n) is 34.2. The van der Waals surface area contributed by atoms with Gasteiger partial charge in [0.05, 0.1) is 12.4 Å². The lowest BCUT2D eigenvalue weighted by Crippen LogP contribution is -2.04. The molecule has 508 valence electrons. The highest BCUT2D eigenvalue weighted by molar-refractivity contribution is 8.00. The van der Waals surface area contributed by atoms with Crippen LogP contribution >= 0.6 is 35.6 Å². The van der Waals surface area contributed by atoms with Gasteiger partial charge in [0.25, 0.3) is 0 Å². The number of rotatable bonds is 56. The van der Waals surface area contributed by atoms with Crippen molar-refractivity contribution >= 4 is 52.9 Å². The topological polar surface area (TPSA) is 69.7 Å². The van der Waals surface area contributed by atoms with Crippen LogP contribution in [0.1, 0.15) is 209 Å². The van der Waals surface area contributed by atoms with Crippen LogP contribution in [0.15, 0.2) is 243 Å². The van der Waals surface area contributed by atoms with Crippen molar-refractivity contribution < 1.29 is 23.3 Å². The van der Waals surface area contributed by atoms with E-state index in [1.807, 2.05) is 11.8 Å². The third-order valence-corrected chi connectivity index (χ3v) is 14.1. The van der Waals surface area contributed by atoms with Gasteiger partial charge in [0.2, 0.25) is 0 Å². The summed E-state index contributed by atoms with van der Waals surface area (Å²) in [5.74, 6) is 5.34. The van der Waals surface area contributed by atoms with Gasteiger partial charge in [-0.05, 0) is 198 Å². The van der Waals surface area contributed by atoms with E-state index < -0.39 is 0 Å². The Kier molecular flexibility index (Phi) is 92.4. The van der Waals surface area contributed by atoms with E-state index in [1.54, 1.807) is 18.7 Å². The van der Waals surface area contributed by atoms with Crippen LogP contribution in [0.4, 0.5) is 0 Å². The van der Waals surface area contributed by atoms with E-state index in [2.05, 4.69) is 278 Å². The van der Waals surface area contributed by atoms with E-state index >= 15 is 0 Å². The Morgan fingerprint density at radius 2 is 0.538 bits per heavy atom. The van der Waals surface area contributed by atoms with E-state index in [-0.39, 0.29) is 30.6 Å². The lowest BCUT2D eigenvalue weighted by atomic mass is 10.2. The SMILES string of the molecule is CC/C=C\C/C=C\C/C=C\C/C=C\C/C=C\CCOCC(C)=O.CC/C=C\C/C=C\C/C=C\C/C=C\C/C=C\CCSCC(C)=O.CC/C=C\C/C=C\C/C=C\C/C=C\C/C=C\CCSOCC(C)=O.CC/C=C\C/C=C\C/C=C\C/C=C\CC/C=C/CSCC. The molecule has 91 heavy (non-hydrogen) atoms. The standard InChI is InChI=1S/C21H32O2S.C21H32O2.C21H32OS.C20H32S/c1-3-4-5-6-7-8-9-10-11-12-13-14-15-16-17-18-19-24-23-20-21(2)22;2*1-3-4-5-6-7-8-9-10-11-12-13-14-15-16-17-18-19-23-20-21(2)22;1-3-5-6-7-8-9-10-11-12-13-14-15-16-17-18-19-20-21-4-2/h4-5,7-8,10-11,13-14,16-17H,3,6,9,12,15,18-20H2,1-2H3;2*4-5,7-8,10-11,13-14,16-17H,3,6,9,12,15,18-20H2,1-2H3;5-6,8-9,11-12,14-15,18-19H,3-4,7,10,13,16-17,20H2,1-2H3/b3*5-4-,8-7-,11-10-,14-13-,17-16-;6-5-,9-8-,12-11-,15-14-,19-18+. The van der Waals surface area contributed by atoms with E-state index in [9.17, 15) is 14.4 Å². The van der Waals surface area contributed by atoms with Gasteiger partial charge in [-0.15, -0.1) is 0 Å². The van der Waals surface area contributed by atoms with Crippen LogP contribution in [0.3, 0.4) is 0 Å². The molecule has 0 aromatic heterocycles. The zero-order valence-corrected chi connectivity index (χ0v) is 60.9. The van der Waals surface area contributed by atoms with Crippen LogP contribution in [0, 0.1) is 0 Å². The van der Waals surface area contributed by atoms with Crippen molar-refractivity contribution in [2.45, 2.75) is 209 Å². The summed E-state index contributed by atoms with van der Waals surface area (Å²) in [6.45, 7) is 16.6. The average Bonchev–Trinajstić information content (AvgIpc) is 3.54. The second-order valence-corrected chi connectivity index (χ2v) is 23.8. The predicted octanol–water partition coefficient (Wildman–Crippen LogP) is 25.4. The van der Waals surface area contributed by atoms with E-state index in [1.165, 1.54) is 38.1 Å². The van der Waals surface area contributed by atoms with Gasteiger partial charge in [-0.2, -0.15) is 23.5 Å². The summed E-state index contributed by atoms with van der Waals surface area (Å²) in [5.41, 5.74) is 0. The summed E-state index contributed by atoms with van der Waals surface area (Å²) in [5, 5.41) is 0. The molecule has 0 bridgehead atoms. The maximum absolute atomic E-state index is 10.8. The molecule has 0 aromatic rings. The quantitative estimate of drug-likeness (QED) is 0.0339. The van der Waals surface area contributed by atoms with Gasteiger partial charge in [0.1, 0.15) is 19.0 Å². The number of unbranched alkanes of at least 4 members (excludes halogenated alkanes) is 1. The molecule has 0 heterocycles. The van der Waals surface area contributed by atoms with Crippen molar-refractivity contribution in [2.24, 2.45) is 0 Å². The molecule has 0 amide bonds. The van der Waals surface area contributed by atoms with Crippen LogP contribution in [0.5, 0.6) is 0 Å². The molecule has 0 aliphatic rings. The van der Waals surface area contributed by atoms with Crippen molar-refractivity contribution in [3.05, 3.63) is 243 Å². The number of carbonyl (C=O) groups excluding carboxylic acids is 3. The van der Waals surface area contributed by atoms with Crippen LogP contribution < -0.4 is 0 Å². The zero-order chi connectivity index (χ0) is 67.2. The number of hydrogen-bond donors (Lipinski definition) is 0. The van der Waals surface area contributed by atoms with Gasteiger partial charge < -0.3 is 8.92 Å². The summed E-state index contributed by atoms with van der Waals surface area (Å²) in [6, 6.07) is 0. The normalized spacial score (nSPS) is 12.8. The van der Waals surface area contributed by atoms with Crippen LogP contribution in [0.2, 0.25) is 0 Å². The molecule has 0 unspecified atom stereocenters. The largest absolute Gasteiger partial charge is 0.373 e. The molecule has 0 radical (unpaired) electrons. The Morgan fingerprint density at radius 3 is 0.824 bits per heavy atom. The van der Waals surface area contributed by atoms with E-state index in [0.29, 0.717) is 12.4 Å². The number of ether oxygens (including phenoxy) is 1. The third-order valence-electron chi connectivity index (χ3n) is 11.5. The number of ketones is 3. The number of thioether (sulfide) groups is 2. The van der Waals surface area contributed by atoms with Crippen molar-refractivity contribution in [3.8, 4) is 0 Å². The Bertz CT molecular complexity index is 2130. The molecule has 8 heteroatoms. The Morgan fingerprint density at radius 1 is 0.275 bits per heavy atom. The second kappa shape index (κ2) is 91.2. The number of carbonyl (C=O) groups is 3. The molecule has 0 aliphatic carbocycles. The second-order valence-electron chi connectivity index (χ2n) is 20.5. The van der Waals surface area contributed by atoms with Gasteiger partial charge in [-0.3, -0.25) is 14.4 Å². The number of allylic oxidation sites excluding steroid dienone is 38. The maximum Gasteiger partial charge on any atom is 0.156 e. The molecule has 0 N–H and O–H groups in total. The molecule has 5 nitrogen and oxygen atoms in total. The zero-order valence-electron chi connectivity index (χ0n) is 58.5. The highest BCUT2D eigenvalue weighted by atomic mass is 32.2. The summed E-state index contributed by atoms with van der Waals surface area (Å²) in [6.07, 6.45) is 113. The van der Waals surface area contributed by atoms with Crippen molar-refractivity contribution in [1.29, 1.82) is 0 Å². The van der Waals surface area contributed by atoms with E-state index in [4.69, 9.17) is 8.92 Å². The highest BCUT2D eigenvalue weighted by Gasteiger charge is 1.94. The molecule has 0 atom stereocenters. The summed E-state index contributed by atoms with van der Waals surface area (Å²) in [4.78, 5) is 32.1. The summed E-state index contributed by atoms with van der Waals surface area (Å²) < 4.78 is 10.3. The van der Waals surface area contributed by atoms with Crippen molar-refractivity contribution in [1.82, 2.24) is 0 Å². The minimum atomic E-state index is 0.0670. The van der Waals surface area contributed by atoms with Gasteiger partial charge >= 0.3 is 0 Å². The molecule has 0 fully saturated rings. The molecular formula is C83H128O5S3. The summed E-state index contributed by atoms with van der Waals surface area (Å²) in [7, 11) is 0. The molecule has 0 saturated heterocycles. The first-order valence-corrected chi connectivity index (χ1v) is 37.4. The smallest absolute Gasteiger partial charge is 0.156 e. The fourth-order valence-corrected chi connectivity index (χ4v) is 8.64. The monoisotopic (exact) mass is 1300 g/mol. The fraction of sp³-hybridized carbons (Fsp3) is 0.482. The molecule has 0 saturated carbocycles. The van der Waals surface area contributed by atoms with Crippen molar-refractivity contribution in [2.75, 3.05) is 48.6 Å². The van der Waals surface area contributed by atoms with Gasteiger partial charge in [-0.1, -0.05) is 278 Å².